The number of carbonyl (C=O) groups is 2. The molecule has 100 valence electrons. The third-order valence-electron chi connectivity index (χ3n) is 1.74. The molecule has 0 rings (SSSR count). The lowest BCUT2D eigenvalue weighted by molar-refractivity contribution is -0.122. The monoisotopic (exact) mass is 264 g/mol. The van der Waals surface area contributed by atoms with E-state index in [1.165, 1.54) is 0 Å². The molecular formula is C11H21ClN2O3. The molecule has 5 nitrogen and oxygen atoms in total. The van der Waals surface area contributed by atoms with Crippen molar-refractivity contribution in [3.05, 3.63) is 0 Å². The van der Waals surface area contributed by atoms with Crippen molar-refractivity contribution in [2.24, 2.45) is 0 Å². The Labute approximate surface area is 107 Å². The quantitative estimate of drug-likeness (QED) is 0.586. The Morgan fingerprint density at radius 3 is 2.41 bits per heavy atom. The van der Waals surface area contributed by atoms with Crippen LogP contribution in [0.15, 0.2) is 0 Å². The van der Waals surface area contributed by atoms with Crippen molar-refractivity contribution in [3.63, 3.8) is 0 Å². The van der Waals surface area contributed by atoms with Crippen LogP contribution in [0.1, 0.15) is 34.1 Å². The van der Waals surface area contributed by atoms with E-state index in [9.17, 15) is 9.59 Å². The van der Waals surface area contributed by atoms with Gasteiger partial charge >= 0.3 is 6.09 Å². The zero-order valence-corrected chi connectivity index (χ0v) is 11.6. The van der Waals surface area contributed by atoms with Gasteiger partial charge in [-0.3, -0.25) is 4.79 Å². The van der Waals surface area contributed by atoms with E-state index in [0.29, 0.717) is 18.8 Å². The number of nitrogens with one attached hydrogen (secondary N) is 2. The number of hydrogen-bond acceptors (Lipinski definition) is 3. The molecule has 0 radical (unpaired) electrons. The van der Waals surface area contributed by atoms with Gasteiger partial charge in [0.05, 0.1) is 0 Å². The predicted molar refractivity (Wildman–Crippen MR) is 67.2 cm³/mol. The Bertz CT molecular complexity index is 264. The minimum absolute atomic E-state index is 0.249. The van der Waals surface area contributed by atoms with Gasteiger partial charge in [0.1, 0.15) is 11.6 Å². The summed E-state index contributed by atoms with van der Waals surface area (Å²) in [6.07, 6.45) is 0.101. The van der Waals surface area contributed by atoms with Crippen LogP contribution in [0, 0.1) is 0 Å². The molecule has 0 saturated carbocycles. The van der Waals surface area contributed by atoms with E-state index in [-0.39, 0.29) is 5.91 Å². The highest BCUT2D eigenvalue weighted by molar-refractivity contribution is 6.17. The van der Waals surface area contributed by atoms with Gasteiger partial charge in [0.2, 0.25) is 5.91 Å². The van der Waals surface area contributed by atoms with E-state index in [4.69, 9.17) is 16.3 Å². The first kappa shape index (κ1) is 16.0. The largest absolute Gasteiger partial charge is 0.444 e. The first-order valence-electron chi connectivity index (χ1n) is 5.59. The van der Waals surface area contributed by atoms with Crippen LogP contribution >= 0.6 is 11.6 Å². The summed E-state index contributed by atoms with van der Waals surface area (Å²) in [5, 5.41) is 5.11. The number of rotatable bonds is 5. The highest BCUT2D eigenvalue weighted by atomic mass is 35.5. The van der Waals surface area contributed by atoms with Crippen LogP contribution in [0.2, 0.25) is 0 Å². The second kappa shape index (κ2) is 7.37. The van der Waals surface area contributed by atoms with Gasteiger partial charge in [0, 0.05) is 12.4 Å². The maximum Gasteiger partial charge on any atom is 0.408 e. The van der Waals surface area contributed by atoms with Crippen LogP contribution in [-0.2, 0) is 9.53 Å². The maximum atomic E-state index is 11.5. The average molecular weight is 265 g/mol. The molecule has 0 aromatic rings. The summed E-state index contributed by atoms with van der Waals surface area (Å²) in [7, 11) is 0. The number of amides is 2. The van der Waals surface area contributed by atoms with Crippen LogP contribution in [-0.4, -0.2) is 36.1 Å². The number of hydrogen-bond donors (Lipinski definition) is 2. The molecule has 2 N–H and O–H groups in total. The predicted octanol–water partition coefficient (Wildman–Crippen LogP) is 1.64. The molecule has 0 heterocycles. The van der Waals surface area contributed by atoms with Gasteiger partial charge in [0.25, 0.3) is 0 Å². The summed E-state index contributed by atoms with van der Waals surface area (Å²) < 4.78 is 5.03. The van der Waals surface area contributed by atoms with Gasteiger partial charge in [0.15, 0.2) is 0 Å². The van der Waals surface area contributed by atoms with Crippen molar-refractivity contribution in [1.29, 1.82) is 0 Å². The SMILES string of the molecule is CC(NC(=O)OC(C)(C)C)C(=O)NCCCCl. The second-order valence-corrected chi connectivity index (χ2v) is 5.08. The summed E-state index contributed by atoms with van der Waals surface area (Å²) in [5.74, 6) is 0.245. The Balaban J connectivity index is 3.95. The normalized spacial score (nSPS) is 12.8. The first-order chi connectivity index (χ1) is 7.76. The highest BCUT2D eigenvalue weighted by Gasteiger charge is 2.20. The summed E-state index contributed by atoms with van der Waals surface area (Å²) in [6.45, 7) is 7.38. The van der Waals surface area contributed by atoms with E-state index >= 15 is 0 Å². The number of alkyl halides is 1. The molecule has 0 bridgehead atoms. The fourth-order valence-electron chi connectivity index (χ4n) is 0.981. The third kappa shape index (κ3) is 8.80. The van der Waals surface area contributed by atoms with Crippen molar-refractivity contribution in [2.75, 3.05) is 12.4 Å². The maximum absolute atomic E-state index is 11.5. The lowest BCUT2D eigenvalue weighted by Gasteiger charge is -2.21. The number of ether oxygens (including phenoxy) is 1. The molecule has 0 aromatic carbocycles. The Hall–Kier alpha value is -0.970. The lowest BCUT2D eigenvalue weighted by atomic mass is 10.2. The van der Waals surface area contributed by atoms with Crippen molar-refractivity contribution in [2.45, 2.75) is 45.8 Å². The van der Waals surface area contributed by atoms with Crippen LogP contribution in [0.5, 0.6) is 0 Å². The molecule has 0 aliphatic carbocycles. The van der Waals surface area contributed by atoms with Crippen LogP contribution in [0.25, 0.3) is 0 Å². The molecule has 0 aromatic heterocycles. The third-order valence-corrected chi connectivity index (χ3v) is 2.00. The van der Waals surface area contributed by atoms with E-state index in [1.807, 2.05) is 0 Å². The molecule has 6 heteroatoms. The van der Waals surface area contributed by atoms with Gasteiger partial charge < -0.3 is 15.4 Å². The standard InChI is InChI=1S/C11H21ClN2O3/c1-8(9(15)13-7-5-6-12)14-10(16)17-11(2,3)4/h8H,5-7H2,1-4H3,(H,13,15)(H,14,16). The lowest BCUT2D eigenvalue weighted by Crippen LogP contribution is -2.46. The Morgan fingerprint density at radius 1 is 1.35 bits per heavy atom. The van der Waals surface area contributed by atoms with E-state index < -0.39 is 17.7 Å². The topological polar surface area (TPSA) is 67.4 Å². The summed E-state index contributed by atoms with van der Waals surface area (Å²) in [5.41, 5.74) is -0.571. The van der Waals surface area contributed by atoms with Gasteiger partial charge in [-0.1, -0.05) is 0 Å². The fourth-order valence-corrected chi connectivity index (χ4v) is 1.12. The van der Waals surface area contributed by atoms with Crippen LogP contribution < -0.4 is 10.6 Å². The molecule has 0 aliphatic rings. The number of alkyl carbamates (subject to hydrolysis) is 1. The molecule has 0 spiro atoms. The highest BCUT2D eigenvalue weighted by Crippen LogP contribution is 2.06. The summed E-state index contributed by atoms with van der Waals surface area (Å²) in [4.78, 5) is 22.9. The van der Waals surface area contributed by atoms with Crippen molar-refractivity contribution < 1.29 is 14.3 Å². The summed E-state index contributed by atoms with van der Waals surface area (Å²) in [6, 6.07) is -0.625. The minimum atomic E-state index is -0.625. The van der Waals surface area contributed by atoms with Crippen molar-refractivity contribution in [3.8, 4) is 0 Å². The smallest absolute Gasteiger partial charge is 0.408 e. The first-order valence-corrected chi connectivity index (χ1v) is 6.13. The van der Waals surface area contributed by atoms with Crippen LogP contribution in [0.3, 0.4) is 0 Å². The molecule has 17 heavy (non-hydrogen) atoms. The zero-order chi connectivity index (χ0) is 13.5. The van der Waals surface area contributed by atoms with Crippen LogP contribution in [0.4, 0.5) is 4.79 Å². The molecule has 0 aliphatic heterocycles. The molecule has 0 fully saturated rings. The average Bonchev–Trinajstić information content (AvgIpc) is 2.14. The van der Waals surface area contributed by atoms with E-state index in [0.717, 1.165) is 0 Å². The fraction of sp³-hybridized carbons (Fsp3) is 0.818. The molecular weight excluding hydrogens is 244 g/mol. The second-order valence-electron chi connectivity index (χ2n) is 4.70. The number of carbonyl (C=O) groups excluding carboxylic acids is 2. The molecule has 1 atom stereocenters. The Kier molecular flexibility index (Phi) is 6.95. The van der Waals surface area contributed by atoms with Gasteiger partial charge in [-0.15, -0.1) is 11.6 Å². The van der Waals surface area contributed by atoms with E-state index in [1.54, 1.807) is 27.7 Å². The van der Waals surface area contributed by atoms with Gasteiger partial charge in [-0.25, -0.2) is 4.79 Å². The molecule has 1 unspecified atom stereocenters. The Morgan fingerprint density at radius 2 is 1.94 bits per heavy atom. The van der Waals surface area contributed by atoms with Gasteiger partial charge in [-0.05, 0) is 34.1 Å². The minimum Gasteiger partial charge on any atom is -0.444 e. The number of halogens is 1. The van der Waals surface area contributed by atoms with Crippen molar-refractivity contribution >= 4 is 23.6 Å². The van der Waals surface area contributed by atoms with Crippen molar-refractivity contribution in [1.82, 2.24) is 10.6 Å². The zero-order valence-electron chi connectivity index (χ0n) is 10.8. The molecule has 2 amide bonds. The summed E-state index contributed by atoms with van der Waals surface area (Å²) >= 11 is 5.48. The van der Waals surface area contributed by atoms with Gasteiger partial charge in [-0.2, -0.15) is 0 Å². The van der Waals surface area contributed by atoms with E-state index in [2.05, 4.69) is 10.6 Å². The molecule has 0 saturated heterocycles.